The number of hydrogen-bond acceptors (Lipinski definition) is 3. The zero-order valence-electron chi connectivity index (χ0n) is 18.6. The lowest BCUT2D eigenvalue weighted by Gasteiger charge is -2.57. The third kappa shape index (κ3) is 3.26. The van der Waals surface area contributed by atoms with E-state index in [1.807, 2.05) is 13.8 Å². The summed E-state index contributed by atoms with van der Waals surface area (Å²) in [6, 6.07) is -0.253. The molecule has 2 saturated heterocycles. The summed E-state index contributed by atoms with van der Waals surface area (Å²) in [5.41, 5.74) is 2.21. The van der Waals surface area contributed by atoms with Crippen molar-refractivity contribution in [1.82, 2.24) is 15.1 Å². The Morgan fingerprint density at radius 1 is 1.24 bits per heavy atom. The van der Waals surface area contributed by atoms with E-state index in [2.05, 4.69) is 36.7 Å². The normalized spacial score (nSPS) is 34.6. The number of imide groups is 1. The zero-order chi connectivity index (χ0) is 21.0. The fourth-order valence-corrected chi connectivity index (χ4v) is 6.36. The van der Waals surface area contributed by atoms with Crippen LogP contribution in [0.5, 0.6) is 0 Å². The highest BCUT2D eigenvalue weighted by atomic mass is 16.2. The topological polar surface area (TPSA) is 52.7 Å². The molecule has 1 unspecified atom stereocenters. The van der Waals surface area contributed by atoms with Gasteiger partial charge >= 0.3 is 6.03 Å². The van der Waals surface area contributed by atoms with E-state index in [1.165, 1.54) is 17.7 Å². The molecule has 29 heavy (non-hydrogen) atoms. The third-order valence-electron chi connectivity index (χ3n) is 8.46. The Kier molecular flexibility index (Phi) is 5.17. The maximum atomic E-state index is 13.2. The van der Waals surface area contributed by atoms with E-state index in [4.69, 9.17) is 0 Å². The number of hydrogen-bond donors (Lipinski definition) is 1. The zero-order valence-corrected chi connectivity index (χ0v) is 18.6. The SMILES string of the molecule is C=C(C)CN1C(=O)NC(CC)(C2CCN(CC3=CC[C@H]4C[C@@H]3C4(C)C)CC2)C1=O. The number of likely N-dealkylation sites (tertiary alicyclic amines) is 1. The quantitative estimate of drug-likeness (QED) is 0.543. The average molecular weight is 400 g/mol. The Morgan fingerprint density at radius 2 is 1.93 bits per heavy atom. The summed E-state index contributed by atoms with van der Waals surface area (Å²) in [5.74, 6) is 1.79. The number of nitrogens with one attached hydrogen (secondary N) is 1. The molecule has 0 aromatic rings. The Morgan fingerprint density at radius 3 is 2.48 bits per heavy atom. The molecular formula is C24H37N3O2. The molecule has 0 spiro atoms. The highest BCUT2D eigenvalue weighted by molar-refractivity contribution is 6.07. The standard InChI is InChI=1S/C24H37N3O2/c1-6-24(21(28)27(14-16(2)3)22(29)25-24)18-9-11-26(12-10-18)15-17-7-8-19-13-20(17)23(19,4)5/h7,18-20H,2,6,8-15H2,1,3-5H3,(H,25,29)/t19-,20-,24?/m0/s1. The highest BCUT2D eigenvalue weighted by Gasteiger charge is 2.55. The van der Waals surface area contributed by atoms with Crippen LogP contribution < -0.4 is 5.32 Å². The van der Waals surface area contributed by atoms with Gasteiger partial charge in [-0.25, -0.2) is 4.79 Å². The van der Waals surface area contributed by atoms with Crippen LogP contribution in [-0.2, 0) is 4.79 Å². The van der Waals surface area contributed by atoms with Gasteiger partial charge in [0.1, 0.15) is 5.54 Å². The summed E-state index contributed by atoms with van der Waals surface area (Å²) in [4.78, 5) is 29.6. The summed E-state index contributed by atoms with van der Waals surface area (Å²) in [5, 5.41) is 3.08. The van der Waals surface area contributed by atoms with Gasteiger partial charge in [-0.2, -0.15) is 0 Å². The van der Waals surface area contributed by atoms with Crippen LogP contribution >= 0.6 is 0 Å². The second-order valence-corrected chi connectivity index (χ2v) is 10.5. The lowest BCUT2D eigenvalue weighted by Crippen LogP contribution is -2.56. The van der Waals surface area contributed by atoms with E-state index in [1.54, 1.807) is 5.57 Å². The van der Waals surface area contributed by atoms with Gasteiger partial charge in [-0.05, 0) is 75.3 Å². The van der Waals surface area contributed by atoms with Crippen molar-refractivity contribution in [2.75, 3.05) is 26.2 Å². The molecule has 1 saturated carbocycles. The molecule has 3 fully saturated rings. The van der Waals surface area contributed by atoms with Gasteiger partial charge in [-0.15, -0.1) is 0 Å². The summed E-state index contributed by atoms with van der Waals surface area (Å²) in [7, 11) is 0. The Labute approximate surface area is 175 Å². The molecule has 0 aromatic carbocycles. The van der Waals surface area contributed by atoms with Gasteiger partial charge in [0.2, 0.25) is 0 Å². The minimum atomic E-state index is -0.730. The number of carbonyl (C=O) groups is 2. The molecule has 0 radical (unpaired) electrons. The number of urea groups is 1. The molecule has 2 bridgehead atoms. The van der Waals surface area contributed by atoms with Gasteiger partial charge in [-0.1, -0.05) is 44.6 Å². The van der Waals surface area contributed by atoms with Crippen LogP contribution in [0.25, 0.3) is 0 Å². The highest BCUT2D eigenvalue weighted by Crippen LogP contribution is 2.59. The number of carbonyl (C=O) groups excluding carboxylic acids is 2. The van der Waals surface area contributed by atoms with Gasteiger partial charge < -0.3 is 5.32 Å². The number of nitrogens with zero attached hydrogens (tertiary/aromatic N) is 2. The van der Waals surface area contributed by atoms with Crippen molar-refractivity contribution in [3.05, 3.63) is 23.8 Å². The molecule has 3 aliphatic carbocycles. The minimum Gasteiger partial charge on any atom is -0.323 e. The fourth-order valence-electron chi connectivity index (χ4n) is 6.36. The minimum absolute atomic E-state index is 0.0521. The number of piperidine rings is 1. The molecule has 5 heteroatoms. The predicted octanol–water partition coefficient (Wildman–Crippen LogP) is 3.97. The van der Waals surface area contributed by atoms with E-state index in [0.29, 0.717) is 18.4 Å². The number of allylic oxidation sites excluding steroid dienone is 1. The first-order valence-electron chi connectivity index (χ1n) is 11.4. The molecule has 5 nitrogen and oxygen atoms in total. The smallest absolute Gasteiger partial charge is 0.323 e. The molecule has 2 aliphatic heterocycles. The van der Waals surface area contributed by atoms with E-state index in [0.717, 1.165) is 49.9 Å². The van der Waals surface area contributed by atoms with E-state index in [-0.39, 0.29) is 17.9 Å². The molecule has 1 N–H and O–H groups in total. The summed E-state index contributed by atoms with van der Waals surface area (Å²) < 4.78 is 0. The van der Waals surface area contributed by atoms with Crippen LogP contribution in [0.2, 0.25) is 0 Å². The van der Waals surface area contributed by atoms with E-state index >= 15 is 0 Å². The van der Waals surface area contributed by atoms with Crippen molar-refractivity contribution in [3.8, 4) is 0 Å². The number of amides is 3. The van der Waals surface area contributed by atoms with Crippen LogP contribution in [0.4, 0.5) is 4.79 Å². The molecule has 0 aromatic heterocycles. The van der Waals surface area contributed by atoms with Crippen LogP contribution in [0.3, 0.4) is 0 Å². The molecule has 2 heterocycles. The number of rotatable bonds is 6. The van der Waals surface area contributed by atoms with Gasteiger partial charge in [0.25, 0.3) is 5.91 Å². The van der Waals surface area contributed by atoms with Gasteiger partial charge in [-0.3, -0.25) is 14.6 Å². The maximum absolute atomic E-state index is 13.2. The van der Waals surface area contributed by atoms with Crippen molar-refractivity contribution < 1.29 is 9.59 Å². The van der Waals surface area contributed by atoms with Gasteiger partial charge in [0.15, 0.2) is 0 Å². The molecule has 5 rings (SSSR count). The molecule has 160 valence electrons. The third-order valence-corrected chi connectivity index (χ3v) is 8.46. The molecular weight excluding hydrogens is 362 g/mol. The summed E-state index contributed by atoms with van der Waals surface area (Å²) in [6.45, 7) is 16.0. The van der Waals surface area contributed by atoms with Crippen LogP contribution in [0.15, 0.2) is 23.8 Å². The second-order valence-electron chi connectivity index (χ2n) is 10.5. The van der Waals surface area contributed by atoms with E-state index in [9.17, 15) is 9.59 Å². The van der Waals surface area contributed by atoms with Crippen molar-refractivity contribution >= 4 is 11.9 Å². The average Bonchev–Trinajstić information content (AvgIpc) is 2.93. The largest absolute Gasteiger partial charge is 0.325 e. The lowest BCUT2D eigenvalue weighted by molar-refractivity contribution is -0.133. The van der Waals surface area contributed by atoms with Crippen LogP contribution in [0.1, 0.15) is 59.8 Å². The van der Waals surface area contributed by atoms with Crippen molar-refractivity contribution in [2.24, 2.45) is 23.2 Å². The van der Waals surface area contributed by atoms with Gasteiger partial charge in [0, 0.05) is 6.54 Å². The Balaban J connectivity index is 1.39. The Bertz CT molecular complexity index is 747. The molecule has 3 amide bonds. The van der Waals surface area contributed by atoms with Crippen LogP contribution in [0, 0.1) is 23.2 Å². The van der Waals surface area contributed by atoms with Crippen molar-refractivity contribution in [1.29, 1.82) is 0 Å². The first kappa shape index (κ1) is 20.6. The predicted molar refractivity (Wildman–Crippen MR) is 115 cm³/mol. The first-order valence-corrected chi connectivity index (χ1v) is 11.4. The molecule has 5 aliphatic rings. The first-order chi connectivity index (χ1) is 13.7. The van der Waals surface area contributed by atoms with Crippen molar-refractivity contribution in [2.45, 2.75) is 65.3 Å². The Hall–Kier alpha value is -1.62. The van der Waals surface area contributed by atoms with E-state index < -0.39 is 5.54 Å². The lowest BCUT2D eigenvalue weighted by atomic mass is 9.49. The van der Waals surface area contributed by atoms with Gasteiger partial charge in [0.05, 0.1) is 6.54 Å². The second kappa shape index (κ2) is 7.26. The van der Waals surface area contributed by atoms with Crippen molar-refractivity contribution in [3.63, 3.8) is 0 Å². The molecule has 3 atom stereocenters. The van der Waals surface area contributed by atoms with Crippen LogP contribution in [-0.4, -0.2) is 53.5 Å². The number of fused-ring (bicyclic) bond motifs is 1. The maximum Gasteiger partial charge on any atom is 0.325 e. The summed E-state index contributed by atoms with van der Waals surface area (Å²) >= 11 is 0. The monoisotopic (exact) mass is 399 g/mol. The summed E-state index contributed by atoms with van der Waals surface area (Å²) in [6.07, 6.45) is 7.69. The fraction of sp³-hybridized carbons (Fsp3) is 0.750.